The number of thiazole rings is 1. The van der Waals surface area contributed by atoms with Gasteiger partial charge in [0, 0.05) is 6.08 Å². The molecule has 134 valence electrons. The zero-order valence-corrected chi connectivity index (χ0v) is 14.1. The van der Waals surface area contributed by atoms with E-state index in [1.165, 1.54) is 18.4 Å². The molecule has 9 heteroatoms. The van der Waals surface area contributed by atoms with Gasteiger partial charge in [-0.05, 0) is 30.3 Å². The number of hydrogen-bond donors (Lipinski definition) is 0. The minimum absolute atomic E-state index is 0.0536. The van der Waals surface area contributed by atoms with Gasteiger partial charge >= 0.3 is 6.18 Å². The van der Waals surface area contributed by atoms with Gasteiger partial charge in [0.15, 0.2) is 5.57 Å². The average molecular weight is 387 g/mol. The van der Waals surface area contributed by atoms with Crippen LogP contribution in [0, 0.1) is 22.7 Å². The highest BCUT2D eigenvalue weighted by atomic mass is 32.1. The first-order chi connectivity index (χ1) is 12.8. The number of alkyl halides is 3. The monoisotopic (exact) mass is 387 g/mol. The van der Waals surface area contributed by atoms with E-state index in [1.807, 2.05) is 0 Å². The summed E-state index contributed by atoms with van der Waals surface area (Å²) >= 11 is 0.821. The zero-order valence-electron chi connectivity index (χ0n) is 13.3. The van der Waals surface area contributed by atoms with E-state index in [9.17, 15) is 18.0 Å². The minimum atomic E-state index is -4.60. The average Bonchev–Trinajstić information content (AvgIpc) is 3.25. The van der Waals surface area contributed by atoms with Crippen LogP contribution in [0.15, 0.2) is 51.9 Å². The Kier molecular flexibility index (Phi) is 4.72. The van der Waals surface area contributed by atoms with E-state index in [2.05, 4.69) is 0 Å². The SMILES string of the molecule is N#CC(C#N)=c1sc(=Cc2ccco2)c(=O)n1-c1cccc(C(F)(F)F)c1. The summed E-state index contributed by atoms with van der Waals surface area (Å²) in [6.45, 7) is 0. The first-order valence-electron chi connectivity index (χ1n) is 7.34. The van der Waals surface area contributed by atoms with Crippen LogP contribution >= 0.6 is 11.3 Å². The molecule has 27 heavy (non-hydrogen) atoms. The van der Waals surface area contributed by atoms with Crippen molar-refractivity contribution in [1.29, 1.82) is 10.5 Å². The third-order valence-corrected chi connectivity index (χ3v) is 4.60. The van der Waals surface area contributed by atoms with E-state index in [0.717, 1.165) is 34.1 Å². The predicted molar refractivity (Wildman–Crippen MR) is 91.1 cm³/mol. The second-order valence-corrected chi connectivity index (χ2v) is 6.25. The maximum Gasteiger partial charge on any atom is 0.416 e. The van der Waals surface area contributed by atoms with E-state index in [1.54, 1.807) is 24.3 Å². The summed E-state index contributed by atoms with van der Waals surface area (Å²) in [6.07, 6.45) is -1.81. The topological polar surface area (TPSA) is 82.7 Å². The lowest BCUT2D eigenvalue weighted by molar-refractivity contribution is -0.137. The van der Waals surface area contributed by atoms with Crippen LogP contribution in [0.1, 0.15) is 11.3 Å². The van der Waals surface area contributed by atoms with Crippen molar-refractivity contribution in [1.82, 2.24) is 4.57 Å². The van der Waals surface area contributed by atoms with Gasteiger partial charge in [-0.15, -0.1) is 11.3 Å². The number of benzene rings is 1. The van der Waals surface area contributed by atoms with Crippen molar-refractivity contribution in [3.8, 4) is 17.8 Å². The van der Waals surface area contributed by atoms with Gasteiger partial charge in [0.1, 0.15) is 22.6 Å². The molecular weight excluding hydrogens is 379 g/mol. The highest BCUT2D eigenvalue weighted by Crippen LogP contribution is 2.29. The fourth-order valence-corrected chi connectivity index (χ4v) is 3.36. The quantitative estimate of drug-likeness (QED) is 0.677. The number of rotatable bonds is 2. The minimum Gasteiger partial charge on any atom is -0.465 e. The normalized spacial score (nSPS) is 11.8. The molecule has 0 N–H and O–H groups in total. The van der Waals surface area contributed by atoms with Gasteiger partial charge in [-0.1, -0.05) is 6.07 Å². The Morgan fingerprint density at radius 3 is 2.52 bits per heavy atom. The van der Waals surface area contributed by atoms with Gasteiger partial charge in [0.2, 0.25) is 0 Å². The second kappa shape index (κ2) is 6.98. The Morgan fingerprint density at radius 1 is 1.19 bits per heavy atom. The van der Waals surface area contributed by atoms with Crippen LogP contribution < -0.4 is 14.8 Å². The molecule has 0 aliphatic heterocycles. The lowest BCUT2D eigenvalue weighted by Gasteiger charge is -2.09. The number of nitriles is 2. The van der Waals surface area contributed by atoms with Crippen LogP contribution in [-0.4, -0.2) is 4.57 Å². The van der Waals surface area contributed by atoms with Gasteiger partial charge in [0.05, 0.1) is 22.0 Å². The van der Waals surface area contributed by atoms with Crippen LogP contribution in [-0.2, 0) is 6.18 Å². The van der Waals surface area contributed by atoms with Crippen molar-refractivity contribution >= 4 is 23.0 Å². The lowest BCUT2D eigenvalue weighted by atomic mass is 10.2. The van der Waals surface area contributed by atoms with Crippen LogP contribution in [0.4, 0.5) is 13.2 Å². The van der Waals surface area contributed by atoms with Crippen molar-refractivity contribution in [2.45, 2.75) is 6.18 Å². The molecule has 0 fully saturated rings. The summed E-state index contributed by atoms with van der Waals surface area (Å²) in [7, 11) is 0. The fraction of sp³-hybridized carbons (Fsp3) is 0.0556. The Hall–Kier alpha value is -3.56. The van der Waals surface area contributed by atoms with Crippen molar-refractivity contribution in [2.75, 3.05) is 0 Å². The van der Waals surface area contributed by atoms with Crippen molar-refractivity contribution < 1.29 is 17.6 Å². The Morgan fingerprint density at radius 2 is 1.93 bits per heavy atom. The van der Waals surface area contributed by atoms with E-state index < -0.39 is 17.3 Å². The fourth-order valence-electron chi connectivity index (χ4n) is 2.33. The molecule has 0 radical (unpaired) electrons. The van der Waals surface area contributed by atoms with Crippen molar-refractivity contribution in [2.24, 2.45) is 0 Å². The third-order valence-electron chi connectivity index (χ3n) is 3.51. The van der Waals surface area contributed by atoms with Gasteiger partial charge in [-0.3, -0.25) is 9.36 Å². The first kappa shape index (κ1) is 18.2. The highest BCUT2D eigenvalue weighted by Gasteiger charge is 2.30. The number of furan rings is 1. The summed E-state index contributed by atoms with van der Waals surface area (Å²) in [5, 5.41) is 18.3. The largest absolute Gasteiger partial charge is 0.465 e. The molecule has 0 saturated carbocycles. The molecule has 3 rings (SSSR count). The van der Waals surface area contributed by atoms with Crippen molar-refractivity contribution in [3.05, 3.63) is 73.5 Å². The molecule has 0 spiro atoms. The van der Waals surface area contributed by atoms with Crippen LogP contribution in [0.25, 0.3) is 17.3 Å². The number of halogens is 3. The predicted octanol–water partition coefficient (Wildman–Crippen LogP) is 2.54. The second-order valence-electron chi connectivity index (χ2n) is 5.22. The number of hydrogen-bond acceptors (Lipinski definition) is 5. The molecule has 0 aliphatic carbocycles. The van der Waals surface area contributed by atoms with Crippen LogP contribution in [0.5, 0.6) is 0 Å². The number of aromatic nitrogens is 1. The Labute approximate surface area is 153 Å². The van der Waals surface area contributed by atoms with E-state index in [0.29, 0.717) is 5.76 Å². The highest BCUT2D eigenvalue weighted by molar-refractivity contribution is 7.07. The van der Waals surface area contributed by atoms with Gasteiger partial charge in [0.25, 0.3) is 5.56 Å². The molecule has 3 aromatic rings. The molecule has 0 unspecified atom stereocenters. The first-order valence-corrected chi connectivity index (χ1v) is 8.16. The summed E-state index contributed by atoms with van der Waals surface area (Å²) in [5.41, 5.74) is -2.08. The summed E-state index contributed by atoms with van der Waals surface area (Å²) in [4.78, 5) is 12.8. The summed E-state index contributed by atoms with van der Waals surface area (Å²) in [6, 6.07) is 10.7. The molecule has 1 aromatic carbocycles. The Balaban J connectivity index is 2.39. The van der Waals surface area contributed by atoms with Gasteiger partial charge in [-0.2, -0.15) is 23.7 Å². The molecule has 2 heterocycles. The zero-order chi connectivity index (χ0) is 19.6. The summed E-state index contributed by atoms with van der Waals surface area (Å²) < 4.78 is 45.2. The lowest BCUT2D eigenvalue weighted by Crippen LogP contribution is -2.30. The molecule has 0 bridgehead atoms. The van der Waals surface area contributed by atoms with E-state index in [-0.39, 0.29) is 20.5 Å². The molecule has 0 saturated heterocycles. The maximum atomic E-state index is 13.0. The van der Waals surface area contributed by atoms with E-state index in [4.69, 9.17) is 14.9 Å². The standard InChI is InChI=1S/C18H8F3N3O2S/c19-18(20,21)12-3-1-4-13(7-12)24-16(25)15(8-14-5-2-6-26-14)27-17(24)11(9-22)10-23/h1-8H. The van der Waals surface area contributed by atoms with Crippen LogP contribution in [0.2, 0.25) is 0 Å². The molecule has 5 nitrogen and oxygen atoms in total. The molecule has 2 aromatic heterocycles. The van der Waals surface area contributed by atoms with Gasteiger partial charge in [-0.25, -0.2) is 0 Å². The molecular formula is C18H8F3N3O2S. The molecule has 0 amide bonds. The molecule has 0 aliphatic rings. The van der Waals surface area contributed by atoms with Crippen LogP contribution in [0.3, 0.4) is 0 Å². The van der Waals surface area contributed by atoms with Gasteiger partial charge < -0.3 is 4.42 Å². The third kappa shape index (κ3) is 3.54. The smallest absolute Gasteiger partial charge is 0.416 e. The Bertz CT molecular complexity index is 1240. The number of nitrogens with zero attached hydrogens (tertiary/aromatic N) is 3. The maximum absolute atomic E-state index is 13.0. The molecule has 0 atom stereocenters. The van der Waals surface area contributed by atoms with Crippen molar-refractivity contribution in [3.63, 3.8) is 0 Å². The summed E-state index contributed by atoms with van der Waals surface area (Å²) in [5.74, 6) is 0.353. The van der Waals surface area contributed by atoms with E-state index >= 15 is 0 Å².